The second-order valence-corrected chi connectivity index (χ2v) is 10.5. The second-order valence-electron chi connectivity index (χ2n) is 10.5. The van der Waals surface area contributed by atoms with Crippen molar-refractivity contribution in [3.8, 4) is 28.3 Å². The summed E-state index contributed by atoms with van der Waals surface area (Å²) in [4.78, 5) is 27.4. The summed E-state index contributed by atoms with van der Waals surface area (Å²) >= 11 is 0. The van der Waals surface area contributed by atoms with Crippen molar-refractivity contribution in [1.29, 1.82) is 5.26 Å². The third-order valence-corrected chi connectivity index (χ3v) is 6.46. The van der Waals surface area contributed by atoms with Gasteiger partial charge in [0, 0.05) is 24.7 Å². The van der Waals surface area contributed by atoms with Gasteiger partial charge in [0.05, 0.1) is 11.6 Å². The lowest BCUT2D eigenvalue weighted by Gasteiger charge is -2.33. The maximum Gasteiger partial charge on any atom is 0.407 e. The van der Waals surface area contributed by atoms with Gasteiger partial charge in [0.15, 0.2) is 0 Å². The summed E-state index contributed by atoms with van der Waals surface area (Å²) < 4.78 is 5.36. The van der Waals surface area contributed by atoms with Gasteiger partial charge in [-0.3, -0.25) is 4.79 Å². The number of likely N-dealkylation sites (tertiary alicyclic amines) is 1. The van der Waals surface area contributed by atoms with Crippen molar-refractivity contribution in [1.82, 2.24) is 10.2 Å². The quantitative estimate of drug-likeness (QED) is 0.458. The zero-order valence-corrected chi connectivity index (χ0v) is 21.9. The average Bonchev–Trinajstić information content (AvgIpc) is 2.88. The predicted octanol–water partition coefficient (Wildman–Crippen LogP) is 6.33. The molecule has 2 amide bonds. The Morgan fingerprint density at radius 3 is 2.11 bits per heavy atom. The molecule has 3 aromatic rings. The number of benzene rings is 3. The molecular formula is C31H33N3O3. The Bertz CT molecular complexity index is 1310. The highest BCUT2D eigenvalue weighted by atomic mass is 16.6. The first kappa shape index (κ1) is 26.0. The van der Waals surface area contributed by atoms with Gasteiger partial charge in [0.25, 0.3) is 5.91 Å². The first-order valence-electron chi connectivity index (χ1n) is 12.6. The molecule has 1 saturated heterocycles. The number of alkyl carbamates (subject to hydrolysis) is 1. The van der Waals surface area contributed by atoms with E-state index >= 15 is 0 Å². The molecule has 0 atom stereocenters. The van der Waals surface area contributed by atoms with Gasteiger partial charge in [-0.25, -0.2) is 4.79 Å². The lowest BCUT2D eigenvalue weighted by molar-refractivity contribution is 0.0473. The van der Waals surface area contributed by atoms with Crippen LogP contribution in [-0.4, -0.2) is 41.6 Å². The fraction of sp³-hybridized carbons (Fsp3) is 0.323. The summed E-state index contributed by atoms with van der Waals surface area (Å²) in [6.45, 7) is 8.69. The van der Waals surface area contributed by atoms with Crippen LogP contribution >= 0.6 is 0 Å². The van der Waals surface area contributed by atoms with Crippen LogP contribution in [0.3, 0.4) is 0 Å². The molecule has 1 N–H and O–H groups in total. The van der Waals surface area contributed by atoms with E-state index < -0.39 is 11.7 Å². The Labute approximate surface area is 218 Å². The van der Waals surface area contributed by atoms with Crippen molar-refractivity contribution >= 4 is 12.0 Å². The molecule has 6 nitrogen and oxygen atoms in total. The minimum Gasteiger partial charge on any atom is -0.444 e. The number of piperidine rings is 1. The van der Waals surface area contributed by atoms with Crippen LogP contribution in [0.25, 0.3) is 22.3 Å². The van der Waals surface area contributed by atoms with E-state index in [1.165, 1.54) is 5.56 Å². The SMILES string of the molecule is Cc1ccc(-c2ccc(C(=O)N3CCC(NC(=O)OC(C)(C)C)CC3)cc2-c2ccc(C#N)cc2)cc1. The number of rotatable bonds is 4. The minimum atomic E-state index is -0.544. The Balaban J connectivity index is 1.54. The normalized spacial score (nSPS) is 14.1. The Hall–Kier alpha value is -4.11. The third kappa shape index (κ3) is 6.56. The van der Waals surface area contributed by atoms with Crippen LogP contribution < -0.4 is 5.32 Å². The molecule has 0 aliphatic carbocycles. The van der Waals surface area contributed by atoms with Crippen LogP contribution in [0.15, 0.2) is 66.7 Å². The van der Waals surface area contributed by atoms with Crippen molar-refractivity contribution in [2.75, 3.05) is 13.1 Å². The molecule has 0 radical (unpaired) electrons. The Kier molecular flexibility index (Phi) is 7.63. The van der Waals surface area contributed by atoms with E-state index in [0.29, 0.717) is 37.1 Å². The molecule has 3 aromatic carbocycles. The highest BCUT2D eigenvalue weighted by Crippen LogP contribution is 2.34. The van der Waals surface area contributed by atoms with Gasteiger partial charge in [-0.2, -0.15) is 5.26 Å². The molecule has 4 rings (SSSR count). The largest absolute Gasteiger partial charge is 0.444 e. The number of amides is 2. The molecule has 1 fully saturated rings. The lowest BCUT2D eigenvalue weighted by atomic mass is 9.91. The van der Waals surface area contributed by atoms with Crippen LogP contribution in [-0.2, 0) is 4.74 Å². The number of nitrogens with one attached hydrogen (secondary N) is 1. The molecule has 1 aliphatic heterocycles. The maximum absolute atomic E-state index is 13.5. The zero-order valence-electron chi connectivity index (χ0n) is 21.9. The number of ether oxygens (including phenoxy) is 1. The molecule has 0 saturated carbocycles. The summed E-state index contributed by atoms with van der Waals surface area (Å²) in [6, 6.07) is 23.7. The topological polar surface area (TPSA) is 82.4 Å². The lowest BCUT2D eigenvalue weighted by Crippen LogP contribution is -2.47. The summed E-state index contributed by atoms with van der Waals surface area (Å²) in [5, 5.41) is 12.1. The van der Waals surface area contributed by atoms with E-state index in [4.69, 9.17) is 4.74 Å². The first-order valence-corrected chi connectivity index (χ1v) is 12.6. The van der Waals surface area contributed by atoms with Crippen LogP contribution in [0.5, 0.6) is 0 Å². The van der Waals surface area contributed by atoms with Gasteiger partial charge < -0.3 is 15.0 Å². The van der Waals surface area contributed by atoms with E-state index in [1.807, 2.05) is 56.0 Å². The summed E-state index contributed by atoms with van der Waals surface area (Å²) in [6.07, 6.45) is 0.931. The average molecular weight is 496 g/mol. The molecule has 190 valence electrons. The maximum atomic E-state index is 13.5. The summed E-state index contributed by atoms with van der Waals surface area (Å²) in [5.74, 6) is -0.0268. The molecule has 0 spiro atoms. The highest BCUT2D eigenvalue weighted by Gasteiger charge is 2.27. The van der Waals surface area contributed by atoms with Crippen LogP contribution in [0, 0.1) is 18.3 Å². The monoisotopic (exact) mass is 495 g/mol. The number of aryl methyl sites for hydroxylation is 1. The molecule has 0 unspecified atom stereocenters. The van der Waals surface area contributed by atoms with E-state index in [-0.39, 0.29) is 11.9 Å². The van der Waals surface area contributed by atoms with E-state index in [9.17, 15) is 14.9 Å². The number of carbonyl (C=O) groups excluding carboxylic acids is 2. The molecule has 1 heterocycles. The van der Waals surface area contributed by atoms with Gasteiger partial charge in [-0.15, -0.1) is 0 Å². The van der Waals surface area contributed by atoms with Gasteiger partial charge in [0.1, 0.15) is 5.60 Å². The number of carbonyl (C=O) groups is 2. The smallest absolute Gasteiger partial charge is 0.407 e. The predicted molar refractivity (Wildman–Crippen MR) is 145 cm³/mol. The fourth-order valence-electron chi connectivity index (χ4n) is 4.51. The fourth-order valence-corrected chi connectivity index (χ4v) is 4.51. The van der Waals surface area contributed by atoms with Crippen molar-refractivity contribution in [2.24, 2.45) is 0 Å². The third-order valence-electron chi connectivity index (χ3n) is 6.46. The van der Waals surface area contributed by atoms with E-state index in [2.05, 4.69) is 42.6 Å². The van der Waals surface area contributed by atoms with Crippen molar-refractivity contribution in [2.45, 2.75) is 52.2 Å². The Morgan fingerprint density at radius 1 is 0.919 bits per heavy atom. The number of nitriles is 1. The number of nitrogens with zero attached hydrogens (tertiary/aromatic N) is 2. The first-order chi connectivity index (χ1) is 17.6. The van der Waals surface area contributed by atoms with Crippen LogP contribution in [0.4, 0.5) is 4.79 Å². The van der Waals surface area contributed by atoms with Crippen LogP contribution in [0.1, 0.15) is 55.1 Å². The van der Waals surface area contributed by atoms with Gasteiger partial charge >= 0.3 is 6.09 Å². The van der Waals surface area contributed by atoms with Crippen molar-refractivity contribution in [3.05, 3.63) is 83.4 Å². The highest BCUT2D eigenvalue weighted by molar-refractivity contribution is 5.98. The van der Waals surface area contributed by atoms with E-state index in [0.717, 1.165) is 22.3 Å². The van der Waals surface area contributed by atoms with Gasteiger partial charge in [0.2, 0.25) is 0 Å². The molecule has 0 aromatic heterocycles. The van der Waals surface area contributed by atoms with Crippen molar-refractivity contribution < 1.29 is 14.3 Å². The number of hydrogen-bond acceptors (Lipinski definition) is 4. The molecule has 37 heavy (non-hydrogen) atoms. The van der Waals surface area contributed by atoms with E-state index in [1.54, 1.807) is 12.1 Å². The molecular weight excluding hydrogens is 462 g/mol. The van der Waals surface area contributed by atoms with Gasteiger partial charge in [-0.1, -0.05) is 48.0 Å². The summed E-state index contributed by atoms with van der Waals surface area (Å²) in [5.41, 5.74) is 5.84. The summed E-state index contributed by atoms with van der Waals surface area (Å²) in [7, 11) is 0. The zero-order chi connectivity index (χ0) is 26.6. The molecule has 0 bridgehead atoms. The number of hydrogen-bond donors (Lipinski definition) is 1. The minimum absolute atomic E-state index is 0.0166. The standard InChI is InChI=1S/C31H33N3O3/c1-21-5-9-23(10-6-21)27-14-13-25(19-28(27)24-11-7-22(20-32)8-12-24)29(35)34-17-15-26(16-18-34)33-30(36)37-31(2,3)4/h5-14,19,26H,15-18H2,1-4H3,(H,33,36). The molecule has 6 heteroatoms. The second kappa shape index (κ2) is 10.9. The van der Waals surface area contributed by atoms with Gasteiger partial charge in [-0.05, 0) is 87.1 Å². The van der Waals surface area contributed by atoms with Crippen molar-refractivity contribution in [3.63, 3.8) is 0 Å². The molecule has 1 aliphatic rings. The van der Waals surface area contributed by atoms with Crippen LogP contribution in [0.2, 0.25) is 0 Å². The Morgan fingerprint density at radius 2 is 1.51 bits per heavy atom.